The van der Waals surface area contributed by atoms with E-state index in [-0.39, 0.29) is 5.54 Å². The van der Waals surface area contributed by atoms with E-state index in [1.54, 1.807) is 0 Å². The van der Waals surface area contributed by atoms with Crippen molar-refractivity contribution in [3.05, 3.63) is 35.4 Å². The molecule has 2 rings (SSSR count). The largest absolute Gasteiger partial charge is 0.307 e. The Balaban J connectivity index is 1.98. The van der Waals surface area contributed by atoms with E-state index in [1.165, 1.54) is 18.6 Å². The van der Waals surface area contributed by atoms with E-state index >= 15 is 0 Å². The first-order valence-corrected chi connectivity index (χ1v) is 5.27. The van der Waals surface area contributed by atoms with Gasteiger partial charge in [-0.1, -0.05) is 0 Å². The molecule has 1 aliphatic rings. The Hall–Kier alpha value is -0.960. The Morgan fingerprint density at radius 3 is 2.27 bits per heavy atom. The topological polar surface area (TPSA) is 12.0 Å². The molecule has 1 aromatic rings. The van der Waals surface area contributed by atoms with Gasteiger partial charge in [-0.05, 0) is 43.9 Å². The molecule has 3 heteroatoms. The van der Waals surface area contributed by atoms with Crippen LogP contribution >= 0.6 is 0 Å². The summed E-state index contributed by atoms with van der Waals surface area (Å²) in [6.07, 6.45) is 3.52. The predicted octanol–water partition coefficient (Wildman–Crippen LogP) is 3.00. The molecular weight excluding hydrogens is 196 g/mol. The molecule has 1 aromatic carbocycles. The molecule has 1 fully saturated rings. The van der Waals surface area contributed by atoms with Crippen LogP contribution in [0, 0.1) is 11.6 Å². The Morgan fingerprint density at radius 1 is 1.20 bits per heavy atom. The van der Waals surface area contributed by atoms with Gasteiger partial charge < -0.3 is 5.32 Å². The minimum Gasteiger partial charge on any atom is -0.307 e. The van der Waals surface area contributed by atoms with Crippen LogP contribution in [0.25, 0.3) is 0 Å². The summed E-state index contributed by atoms with van der Waals surface area (Å²) in [7, 11) is 0. The van der Waals surface area contributed by atoms with Crippen molar-refractivity contribution >= 4 is 0 Å². The predicted molar refractivity (Wildman–Crippen MR) is 55.5 cm³/mol. The second kappa shape index (κ2) is 3.89. The second-order valence-electron chi connectivity index (χ2n) is 4.55. The van der Waals surface area contributed by atoms with Gasteiger partial charge in [-0.2, -0.15) is 0 Å². The quantitative estimate of drug-likeness (QED) is 0.810. The van der Waals surface area contributed by atoms with E-state index < -0.39 is 11.6 Å². The zero-order valence-corrected chi connectivity index (χ0v) is 8.82. The lowest BCUT2D eigenvalue weighted by Gasteiger charge is -2.39. The van der Waals surface area contributed by atoms with Crippen molar-refractivity contribution in [2.24, 2.45) is 0 Å². The Labute approximate surface area is 88.5 Å². The maximum Gasteiger partial charge on any atom is 0.126 e. The molecule has 1 N–H and O–H groups in total. The van der Waals surface area contributed by atoms with Gasteiger partial charge in [0.2, 0.25) is 0 Å². The summed E-state index contributed by atoms with van der Waals surface area (Å²) < 4.78 is 25.8. The van der Waals surface area contributed by atoms with Crippen molar-refractivity contribution < 1.29 is 8.78 Å². The Morgan fingerprint density at radius 2 is 1.80 bits per heavy atom. The minimum absolute atomic E-state index is 0.169. The van der Waals surface area contributed by atoms with Gasteiger partial charge in [-0.3, -0.25) is 0 Å². The van der Waals surface area contributed by atoms with E-state index in [9.17, 15) is 8.78 Å². The molecule has 0 bridgehead atoms. The molecule has 1 nitrogen and oxygen atoms in total. The lowest BCUT2D eigenvalue weighted by Crippen LogP contribution is -2.47. The van der Waals surface area contributed by atoms with Crippen molar-refractivity contribution in [2.75, 3.05) is 0 Å². The second-order valence-corrected chi connectivity index (χ2v) is 4.55. The molecule has 0 atom stereocenters. The van der Waals surface area contributed by atoms with Gasteiger partial charge in [0.25, 0.3) is 0 Å². The number of benzene rings is 1. The number of hydrogen-bond acceptors (Lipinski definition) is 1. The van der Waals surface area contributed by atoms with Gasteiger partial charge in [0, 0.05) is 18.2 Å². The van der Waals surface area contributed by atoms with Crippen LogP contribution in [0.4, 0.5) is 8.78 Å². The summed E-state index contributed by atoms with van der Waals surface area (Å²) in [5.41, 5.74) is 0.837. The summed E-state index contributed by atoms with van der Waals surface area (Å²) >= 11 is 0. The number of nitrogens with one attached hydrogen (secondary N) is 1. The van der Waals surface area contributed by atoms with Gasteiger partial charge in [0.1, 0.15) is 11.6 Å². The highest BCUT2D eigenvalue weighted by Gasteiger charge is 2.30. The van der Waals surface area contributed by atoms with Gasteiger partial charge in [0.15, 0.2) is 0 Å². The van der Waals surface area contributed by atoms with Gasteiger partial charge in [0.05, 0.1) is 0 Å². The fraction of sp³-hybridized carbons (Fsp3) is 0.500. The number of rotatable bonds is 3. The molecule has 0 unspecified atom stereocenters. The Kier molecular flexibility index (Phi) is 2.74. The highest BCUT2D eigenvalue weighted by Crippen LogP contribution is 2.31. The third kappa shape index (κ3) is 2.53. The average molecular weight is 211 g/mol. The number of halogens is 2. The molecule has 0 radical (unpaired) electrons. The van der Waals surface area contributed by atoms with Gasteiger partial charge in [-0.25, -0.2) is 8.78 Å². The lowest BCUT2D eigenvalue weighted by atomic mass is 9.78. The van der Waals surface area contributed by atoms with Crippen molar-refractivity contribution in [2.45, 2.75) is 38.3 Å². The number of hydrogen-bond donors (Lipinski definition) is 1. The zero-order valence-electron chi connectivity index (χ0n) is 8.82. The van der Waals surface area contributed by atoms with Crippen LogP contribution in [0.1, 0.15) is 31.7 Å². The molecule has 1 saturated carbocycles. The normalized spacial score (nSPS) is 18.6. The van der Waals surface area contributed by atoms with E-state index in [0.29, 0.717) is 12.1 Å². The summed E-state index contributed by atoms with van der Waals surface area (Å²) in [6, 6.07) is 3.64. The Bertz CT molecular complexity index is 338. The first-order chi connectivity index (χ1) is 7.07. The molecule has 0 amide bonds. The van der Waals surface area contributed by atoms with Crippen molar-refractivity contribution in [1.82, 2.24) is 5.32 Å². The van der Waals surface area contributed by atoms with Crippen LogP contribution in [0.5, 0.6) is 0 Å². The highest BCUT2D eigenvalue weighted by atomic mass is 19.1. The molecule has 82 valence electrons. The maximum absolute atomic E-state index is 12.9. The summed E-state index contributed by atoms with van der Waals surface area (Å²) in [6.45, 7) is 2.68. The van der Waals surface area contributed by atoms with E-state index in [1.807, 2.05) is 0 Å². The fourth-order valence-electron chi connectivity index (χ4n) is 1.91. The van der Waals surface area contributed by atoms with Gasteiger partial charge in [-0.15, -0.1) is 0 Å². The molecular formula is C12H15F2N. The van der Waals surface area contributed by atoms with Crippen LogP contribution in [-0.4, -0.2) is 5.54 Å². The fourth-order valence-corrected chi connectivity index (χ4v) is 1.91. The smallest absolute Gasteiger partial charge is 0.126 e. The first-order valence-electron chi connectivity index (χ1n) is 5.27. The molecule has 15 heavy (non-hydrogen) atoms. The molecule has 0 aliphatic heterocycles. The van der Waals surface area contributed by atoms with Crippen LogP contribution in [0.15, 0.2) is 18.2 Å². The average Bonchev–Trinajstić information content (AvgIpc) is 2.10. The summed E-state index contributed by atoms with van der Waals surface area (Å²) in [5.74, 6) is -1.02. The standard InChI is InChI=1S/C12H15F2N/c1-12(3-2-4-12)15-8-9-5-10(13)7-11(14)6-9/h5-7,15H,2-4,8H2,1H3. The molecule has 0 heterocycles. The lowest BCUT2D eigenvalue weighted by molar-refractivity contribution is 0.206. The summed E-state index contributed by atoms with van der Waals surface area (Å²) in [4.78, 5) is 0. The van der Waals surface area contributed by atoms with Crippen LogP contribution in [-0.2, 0) is 6.54 Å². The SMILES string of the molecule is CC1(NCc2cc(F)cc(F)c2)CCC1. The third-order valence-corrected chi connectivity index (χ3v) is 3.10. The molecule has 0 spiro atoms. The van der Waals surface area contributed by atoms with Crippen molar-refractivity contribution in [1.29, 1.82) is 0 Å². The maximum atomic E-state index is 12.9. The third-order valence-electron chi connectivity index (χ3n) is 3.10. The van der Waals surface area contributed by atoms with E-state index in [0.717, 1.165) is 18.9 Å². The van der Waals surface area contributed by atoms with E-state index in [4.69, 9.17) is 0 Å². The van der Waals surface area contributed by atoms with Crippen LogP contribution < -0.4 is 5.32 Å². The van der Waals surface area contributed by atoms with Crippen molar-refractivity contribution in [3.63, 3.8) is 0 Å². The molecule has 1 aliphatic carbocycles. The molecule has 0 aromatic heterocycles. The highest BCUT2D eigenvalue weighted by molar-refractivity contribution is 5.18. The summed E-state index contributed by atoms with van der Waals surface area (Å²) in [5, 5.41) is 3.33. The molecule has 0 saturated heterocycles. The minimum atomic E-state index is -0.509. The van der Waals surface area contributed by atoms with Crippen LogP contribution in [0.3, 0.4) is 0 Å². The van der Waals surface area contributed by atoms with Gasteiger partial charge >= 0.3 is 0 Å². The zero-order chi connectivity index (χ0) is 10.9. The first kappa shape index (κ1) is 10.6. The monoisotopic (exact) mass is 211 g/mol. The van der Waals surface area contributed by atoms with E-state index in [2.05, 4.69) is 12.2 Å². The van der Waals surface area contributed by atoms with Crippen molar-refractivity contribution in [3.8, 4) is 0 Å². The van der Waals surface area contributed by atoms with Crippen LogP contribution in [0.2, 0.25) is 0 Å².